The first-order chi connectivity index (χ1) is 18.1. The molecule has 0 aliphatic carbocycles. The first-order valence-electron chi connectivity index (χ1n) is 12.0. The molecule has 206 valence electrons. The van der Waals surface area contributed by atoms with E-state index in [1.807, 2.05) is 24.3 Å². The Bertz CT molecular complexity index is 1690. The summed E-state index contributed by atoms with van der Waals surface area (Å²) in [4.78, 5) is 15.3. The average Bonchev–Trinajstić information content (AvgIpc) is 3.41. The minimum Gasteiger partial charge on any atom is -0.476 e. The molecule has 0 fully saturated rings. The second-order valence-corrected chi connectivity index (χ2v) is 13.0. The smallest absolute Gasteiger partial charge is 0.416 e. The van der Waals surface area contributed by atoms with Crippen LogP contribution in [-0.2, 0) is 28.0 Å². The van der Waals surface area contributed by atoms with Crippen LogP contribution < -0.4 is 0 Å². The van der Waals surface area contributed by atoms with Crippen molar-refractivity contribution in [3.05, 3.63) is 92.6 Å². The SMILES string of the molecule is Cc1c(Cc2nc(C(=O)O)cs2)n(S(=O)(=O)CC=Cc2cccc(C(C)(C)C)c2)c2ccc(C(F)(F)F)cc12. The highest BCUT2D eigenvalue weighted by atomic mass is 32.2. The van der Waals surface area contributed by atoms with E-state index >= 15 is 0 Å². The Morgan fingerprint density at radius 1 is 1.10 bits per heavy atom. The quantitative estimate of drug-likeness (QED) is 0.258. The summed E-state index contributed by atoms with van der Waals surface area (Å²) in [6.45, 7) is 7.79. The monoisotopic (exact) mass is 576 g/mol. The van der Waals surface area contributed by atoms with E-state index in [0.29, 0.717) is 10.6 Å². The Labute approximate surface area is 228 Å². The van der Waals surface area contributed by atoms with Crippen LogP contribution >= 0.6 is 11.3 Å². The lowest BCUT2D eigenvalue weighted by Crippen LogP contribution is -2.18. The van der Waals surface area contributed by atoms with Crippen molar-refractivity contribution in [2.75, 3.05) is 5.75 Å². The summed E-state index contributed by atoms with van der Waals surface area (Å²) in [5, 5.41) is 11.0. The number of aromatic carboxylic acids is 1. The summed E-state index contributed by atoms with van der Waals surface area (Å²) in [7, 11) is -4.07. The molecular formula is C28H27F3N2O4S2. The zero-order valence-corrected chi connectivity index (χ0v) is 23.3. The molecule has 0 radical (unpaired) electrons. The summed E-state index contributed by atoms with van der Waals surface area (Å²) in [6, 6.07) is 10.7. The van der Waals surface area contributed by atoms with Crippen molar-refractivity contribution >= 4 is 44.3 Å². The molecule has 6 nitrogen and oxygen atoms in total. The molecule has 0 spiro atoms. The van der Waals surface area contributed by atoms with E-state index in [1.165, 1.54) is 11.5 Å². The van der Waals surface area contributed by atoms with Gasteiger partial charge in [0.05, 0.1) is 21.8 Å². The van der Waals surface area contributed by atoms with Crippen molar-refractivity contribution in [1.29, 1.82) is 0 Å². The van der Waals surface area contributed by atoms with Gasteiger partial charge in [0.2, 0.25) is 10.0 Å². The molecule has 4 aromatic rings. The van der Waals surface area contributed by atoms with E-state index in [-0.39, 0.29) is 34.1 Å². The Morgan fingerprint density at radius 2 is 1.82 bits per heavy atom. The largest absolute Gasteiger partial charge is 0.476 e. The van der Waals surface area contributed by atoms with Crippen molar-refractivity contribution in [2.45, 2.75) is 45.7 Å². The van der Waals surface area contributed by atoms with Crippen LogP contribution in [0.15, 0.2) is 53.9 Å². The third-order valence-electron chi connectivity index (χ3n) is 6.36. The predicted octanol–water partition coefficient (Wildman–Crippen LogP) is 6.90. The highest BCUT2D eigenvalue weighted by Crippen LogP contribution is 2.36. The Hall–Kier alpha value is -3.44. The number of rotatable bonds is 7. The number of carboxylic acid groups (broad SMARTS) is 1. The maximum atomic E-state index is 13.7. The molecule has 0 bridgehead atoms. The number of hydrogen-bond acceptors (Lipinski definition) is 5. The van der Waals surface area contributed by atoms with E-state index in [2.05, 4.69) is 25.8 Å². The molecule has 39 heavy (non-hydrogen) atoms. The maximum Gasteiger partial charge on any atom is 0.416 e. The number of aromatic nitrogens is 2. The number of carbonyl (C=O) groups is 1. The van der Waals surface area contributed by atoms with E-state index in [9.17, 15) is 31.5 Å². The van der Waals surface area contributed by atoms with E-state index in [4.69, 9.17) is 0 Å². The fourth-order valence-corrected chi connectivity index (χ4v) is 6.54. The molecule has 0 atom stereocenters. The van der Waals surface area contributed by atoms with Crippen LogP contribution in [0.3, 0.4) is 0 Å². The van der Waals surface area contributed by atoms with Crippen LogP contribution in [0.2, 0.25) is 0 Å². The first-order valence-corrected chi connectivity index (χ1v) is 14.5. The Morgan fingerprint density at radius 3 is 2.44 bits per heavy atom. The molecule has 0 unspecified atom stereocenters. The van der Waals surface area contributed by atoms with Crippen molar-refractivity contribution < 1.29 is 31.5 Å². The van der Waals surface area contributed by atoms with Gasteiger partial charge in [-0.1, -0.05) is 57.2 Å². The third kappa shape index (κ3) is 6.09. The number of fused-ring (bicyclic) bond motifs is 1. The average molecular weight is 577 g/mol. The summed E-state index contributed by atoms with van der Waals surface area (Å²) in [5.41, 5.74) is 1.47. The van der Waals surface area contributed by atoms with Gasteiger partial charge in [0.25, 0.3) is 0 Å². The maximum absolute atomic E-state index is 13.7. The summed E-state index contributed by atoms with van der Waals surface area (Å²) >= 11 is 1.04. The van der Waals surface area contributed by atoms with Crippen molar-refractivity contribution in [2.24, 2.45) is 0 Å². The van der Waals surface area contributed by atoms with Crippen molar-refractivity contribution in [3.63, 3.8) is 0 Å². The van der Waals surface area contributed by atoms with Gasteiger partial charge in [0.15, 0.2) is 5.69 Å². The zero-order chi connectivity index (χ0) is 28.8. The van der Waals surface area contributed by atoms with Crippen molar-refractivity contribution in [3.8, 4) is 0 Å². The highest BCUT2D eigenvalue weighted by molar-refractivity contribution is 7.90. The Kier molecular flexibility index (Phi) is 7.52. The highest BCUT2D eigenvalue weighted by Gasteiger charge is 2.32. The summed E-state index contributed by atoms with van der Waals surface area (Å²) in [6.07, 6.45) is -1.45. The third-order valence-corrected chi connectivity index (χ3v) is 8.80. The normalized spacial score (nSPS) is 13.0. The molecule has 2 aromatic heterocycles. The zero-order valence-electron chi connectivity index (χ0n) is 21.7. The van der Waals surface area contributed by atoms with Crippen LogP contribution in [0.1, 0.15) is 64.2 Å². The molecule has 0 aliphatic rings. The minimum absolute atomic E-state index is 0.0591. The van der Waals surface area contributed by atoms with Gasteiger partial charge in [0.1, 0.15) is 0 Å². The van der Waals surface area contributed by atoms with Gasteiger partial charge >= 0.3 is 12.1 Å². The molecule has 0 saturated carbocycles. The van der Waals surface area contributed by atoms with Gasteiger partial charge in [-0.15, -0.1) is 11.3 Å². The lowest BCUT2D eigenvalue weighted by atomic mass is 9.86. The molecule has 11 heteroatoms. The topological polar surface area (TPSA) is 89.3 Å². The van der Waals surface area contributed by atoms with Crippen LogP contribution in [0.5, 0.6) is 0 Å². The van der Waals surface area contributed by atoms with Crippen LogP contribution in [0.4, 0.5) is 13.2 Å². The fraction of sp³-hybridized carbons (Fsp3) is 0.286. The standard InChI is InChI=1S/C28H27F3N2O4S2/c1-17-21-14-20(28(29,30)31)10-11-23(21)33(24(17)15-25-32-22(16-38-25)26(34)35)39(36,37)12-6-8-18-7-5-9-19(13-18)27(2,3)4/h5-11,13-14,16H,12,15H2,1-4H3,(H,34,35). The molecule has 0 saturated heterocycles. The lowest BCUT2D eigenvalue weighted by molar-refractivity contribution is -0.137. The number of thiazole rings is 1. The second-order valence-electron chi connectivity index (χ2n) is 10.2. The number of carboxylic acids is 1. The lowest BCUT2D eigenvalue weighted by Gasteiger charge is -2.19. The summed E-state index contributed by atoms with van der Waals surface area (Å²) in [5.74, 6) is -1.62. The van der Waals surface area contributed by atoms with Crippen LogP contribution in [-0.4, -0.2) is 34.2 Å². The first kappa shape index (κ1) is 28.6. The fourth-order valence-electron chi connectivity index (χ4n) is 4.29. The number of alkyl halides is 3. The minimum atomic E-state index is -4.60. The van der Waals surface area contributed by atoms with Crippen LogP contribution in [0, 0.1) is 6.92 Å². The molecule has 0 aliphatic heterocycles. The van der Waals surface area contributed by atoms with Gasteiger partial charge in [-0.25, -0.2) is 22.2 Å². The Balaban J connectivity index is 1.78. The number of halogens is 3. The molecular weight excluding hydrogens is 549 g/mol. The van der Waals surface area contributed by atoms with Gasteiger partial charge in [0, 0.05) is 22.9 Å². The molecule has 1 N–H and O–H groups in total. The number of aryl methyl sites for hydroxylation is 1. The van der Waals surface area contributed by atoms with E-state index in [0.717, 1.165) is 44.6 Å². The number of hydrogen-bond donors (Lipinski definition) is 1. The molecule has 4 rings (SSSR count). The van der Waals surface area contributed by atoms with Crippen LogP contribution in [0.25, 0.3) is 17.0 Å². The number of nitrogens with zero attached hydrogens (tertiary/aromatic N) is 2. The number of benzene rings is 2. The molecule has 2 aromatic carbocycles. The molecule has 0 amide bonds. The summed E-state index contributed by atoms with van der Waals surface area (Å²) < 4.78 is 68.7. The molecule has 2 heterocycles. The van der Waals surface area contributed by atoms with E-state index in [1.54, 1.807) is 13.0 Å². The van der Waals surface area contributed by atoms with E-state index < -0.39 is 33.5 Å². The van der Waals surface area contributed by atoms with Gasteiger partial charge in [-0.2, -0.15) is 13.2 Å². The second kappa shape index (κ2) is 10.3. The predicted molar refractivity (Wildman–Crippen MR) is 147 cm³/mol. The van der Waals surface area contributed by atoms with Crippen molar-refractivity contribution in [1.82, 2.24) is 8.96 Å². The van der Waals surface area contributed by atoms with Gasteiger partial charge < -0.3 is 5.11 Å². The van der Waals surface area contributed by atoms with Gasteiger partial charge in [-0.05, 0) is 47.2 Å². The van der Waals surface area contributed by atoms with Gasteiger partial charge in [-0.3, -0.25) is 0 Å².